The molecule has 2 aromatic carbocycles. The van der Waals surface area contributed by atoms with E-state index in [4.69, 9.17) is 4.74 Å². The fourth-order valence-electron chi connectivity index (χ4n) is 2.46. The Labute approximate surface area is 150 Å². The maximum absolute atomic E-state index is 13.5. The number of nitrogens with zero attached hydrogens (tertiary/aromatic N) is 2. The number of carbonyl (C=O) groups excluding carboxylic acids is 1. The normalized spacial score (nSPS) is 12.5. The third kappa shape index (κ3) is 3.12. The summed E-state index contributed by atoms with van der Waals surface area (Å²) in [6, 6.07) is 13.5. The van der Waals surface area contributed by atoms with Gasteiger partial charge in [0, 0.05) is 3.57 Å². The van der Waals surface area contributed by atoms with Gasteiger partial charge >= 0.3 is 12.5 Å². The SMILES string of the molecule is CC(OC(=O)c1ccccc1I)c1nc2ccccc2n1C(F)F. The maximum Gasteiger partial charge on any atom is 0.339 e. The Balaban J connectivity index is 1.94. The first-order valence-electron chi connectivity index (χ1n) is 7.19. The predicted octanol–water partition coefficient (Wildman–Crippen LogP) is 4.95. The second-order valence-electron chi connectivity index (χ2n) is 5.13. The molecule has 0 bridgehead atoms. The molecule has 0 saturated carbocycles. The van der Waals surface area contributed by atoms with Gasteiger partial charge in [0.25, 0.3) is 0 Å². The van der Waals surface area contributed by atoms with Crippen LogP contribution in [0.25, 0.3) is 11.0 Å². The number of rotatable bonds is 4. The molecule has 3 rings (SSSR count). The first-order valence-corrected chi connectivity index (χ1v) is 8.27. The van der Waals surface area contributed by atoms with E-state index in [0.29, 0.717) is 16.6 Å². The van der Waals surface area contributed by atoms with Gasteiger partial charge in [-0.15, -0.1) is 0 Å². The number of carbonyl (C=O) groups is 1. The van der Waals surface area contributed by atoms with Crippen molar-refractivity contribution >= 4 is 39.6 Å². The summed E-state index contributed by atoms with van der Waals surface area (Å²) in [7, 11) is 0. The number of alkyl halides is 2. The first-order chi connectivity index (χ1) is 11.5. The van der Waals surface area contributed by atoms with Crippen molar-refractivity contribution in [2.24, 2.45) is 0 Å². The smallest absolute Gasteiger partial charge is 0.339 e. The highest BCUT2D eigenvalue weighted by Gasteiger charge is 2.25. The van der Waals surface area contributed by atoms with Gasteiger partial charge in [0.05, 0.1) is 16.6 Å². The number of hydrogen-bond donors (Lipinski definition) is 0. The van der Waals surface area contributed by atoms with E-state index in [-0.39, 0.29) is 5.82 Å². The van der Waals surface area contributed by atoms with Crippen molar-refractivity contribution < 1.29 is 18.3 Å². The lowest BCUT2D eigenvalue weighted by Gasteiger charge is -2.15. The molecule has 124 valence electrons. The molecule has 0 saturated heterocycles. The standard InChI is InChI=1S/C17H13F2IN2O2/c1-10(24-16(23)11-6-2-3-7-12(11)20)15-21-13-8-4-5-9-14(13)22(15)17(18)19/h2-10,17H,1H3. The Morgan fingerprint density at radius 1 is 1.17 bits per heavy atom. The van der Waals surface area contributed by atoms with Crippen molar-refractivity contribution in [2.45, 2.75) is 19.6 Å². The van der Waals surface area contributed by atoms with E-state index >= 15 is 0 Å². The number of aromatic nitrogens is 2. The molecule has 7 heteroatoms. The number of esters is 1. The summed E-state index contributed by atoms with van der Waals surface area (Å²) in [5, 5.41) is 0. The van der Waals surface area contributed by atoms with Crippen LogP contribution in [0.3, 0.4) is 0 Å². The Kier molecular flexibility index (Phi) is 4.79. The summed E-state index contributed by atoms with van der Waals surface area (Å²) < 4.78 is 33.8. The van der Waals surface area contributed by atoms with Crippen molar-refractivity contribution in [2.75, 3.05) is 0 Å². The van der Waals surface area contributed by atoms with Crippen LogP contribution in [0, 0.1) is 3.57 Å². The van der Waals surface area contributed by atoms with Crippen LogP contribution in [-0.4, -0.2) is 15.5 Å². The van der Waals surface area contributed by atoms with E-state index in [1.165, 1.54) is 6.92 Å². The molecule has 0 aliphatic heterocycles. The summed E-state index contributed by atoms with van der Waals surface area (Å²) >= 11 is 2.02. The molecule has 3 aromatic rings. The maximum atomic E-state index is 13.5. The Morgan fingerprint density at radius 2 is 1.83 bits per heavy atom. The highest BCUT2D eigenvalue weighted by atomic mass is 127. The number of para-hydroxylation sites is 2. The molecule has 4 nitrogen and oxygen atoms in total. The largest absolute Gasteiger partial charge is 0.451 e. The molecule has 1 aromatic heterocycles. The number of halogens is 3. The van der Waals surface area contributed by atoms with E-state index in [1.807, 2.05) is 22.6 Å². The summed E-state index contributed by atoms with van der Waals surface area (Å²) in [5.74, 6) is -0.550. The molecule has 0 spiro atoms. The average molecular weight is 442 g/mol. The Hall–Kier alpha value is -2.03. The number of fused-ring (bicyclic) bond motifs is 1. The number of hydrogen-bond acceptors (Lipinski definition) is 3. The minimum atomic E-state index is -2.77. The monoisotopic (exact) mass is 442 g/mol. The molecule has 1 unspecified atom stereocenters. The second kappa shape index (κ2) is 6.84. The Bertz CT molecular complexity index is 895. The predicted molar refractivity (Wildman–Crippen MR) is 94.0 cm³/mol. The van der Waals surface area contributed by atoms with Crippen LogP contribution >= 0.6 is 22.6 Å². The van der Waals surface area contributed by atoms with Crippen molar-refractivity contribution in [3.8, 4) is 0 Å². The van der Waals surface area contributed by atoms with E-state index in [2.05, 4.69) is 4.98 Å². The van der Waals surface area contributed by atoms with E-state index < -0.39 is 18.6 Å². The summed E-state index contributed by atoms with van der Waals surface area (Å²) in [4.78, 5) is 16.5. The third-order valence-electron chi connectivity index (χ3n) is 3.56. The molecule has 0 fully saturated rings. The Morgan fingerprint density at radius 3 is 2.54 bits per heavy atom. The van der Waals surface area contributed by atoms with Gasteiger partial charge < -0.3 is 4.74 Å². The van der Waals surface area contributed by atoms with Gasteiger partial charge in [-0.3, -0.25) is 4.57 Å². The quantitative estimate of drug-likeness (QED) is 0.424. The van der Waals surface area contributed by atoms with Crippen LogP contribution in [0.15, 0.2) is 48.5 Å². The molecule has 0 aliphatic carbocycles. The first kappa shape index (κ1) is 16.8. The summed E-state index contributed by atoms with van der Waals surface area (Å²) in [6.45, 7) is -1.24. The molecule has 0 amide bonds. The molecule has 24 heavy (non-hydrogen) atoms. The van der Waals surface area contributed by atoms with Gasteiger partial charge in [-0.1, -0.05) is 24.3 Å². The molecular formula is C17H13F2IN2O2. The van der Waals surface area contributed by atoms with Crippen LogP contribution in [-0.2, 0) is 4.74 Å². The van der Waals surface area contributed by atoms with Gasteiger partial charge in [0.1, 0.15) is 0 Å². The van der Waals surface area contributed by atoms with Gasteiger partial charge in [0.15, 0.2) is 11.9 Å². The molecule has 0 aliphatic rings. The van der Waals surface area contributed by atoms with Crippen LogP contribution < -0.4 is 0 Å². The van der Waals surface area contributed by atoms with Gasteiger partial charge in [0.2, 0.25) is 0 Å². The van der Waals surface area contributed by atoms with E-state index in [0.717, 1.165) is 8.14 Å². The highest BCUT2D eigenvalue weighted by molar-refractivity contribution is 14.1. The molecule has 0 N–H and O–H groups in total. The lowest BCUT2D eigenvalue weighted by atomic mass is 10.2. The van der Waals surface area contributed by atoms with Crippen molar-refractivity contribution in [3.05, 3.63) is 63.5 Å². The number of ether oxygens (including phenoxy) is 1. The topological polar surface area (TPSA) is 44.1 Å². The molecule has 1 heterocycles. The lowest BCUT2D eigenvalue weighted by molar-refractivity contribution is 0.0232. The fraction of sp³-hybridized carbons (Fsp3) is 0.176. The van der Waals surface area contributed by atoms with E-state index in [1.54, 1.807) is 48.5 Å². The zero-order valence-electron chi connectivity index (χ0n) is 12.6. The van der Waals surface area contributed by atoms with Gasteiger partial charge in [-0.2, -0.15) is 8.78 Å². The zero-order valence-corrected chi connectivity index (χ0v) is 14.8. The number of benzene rings is 2. The highest BCUT2D eigenvalue weighted by Crippen LogP contribution is 2.28. The molecular weight excluding hydrogens is 429 g/mol. The van der Waals surface area contributed by atoms with Gasteiger partial charge in [-0.25, -0.2) is 9.78 Å². The minimum absolute atomic E-state index is 0.0190. The second-order valence-corrected chi connectivity index (χ2v) is 6.30. The fourth-order valence-corrected chi connectivity index (χ4v) is 3.07. The summed E-state index contributed by atoms with van der Waals surface area (Å²) in [6.07, 6.45) is -0.907. The van der Waals surface area contributed by atoms with Crippen molar-refractivity contribution in [3.63, 3.8) is 0 Å². The minimum Gasteiger partial charge on any atom is -0.451 e. The average Bonchev–Trinajstić information content (AvgIpc) is 2.95. The lowest BCUT2D eigenvalue weighted by Crippen LogP contribution is -2.15. The van der Waals surface area contributed by atoms with Crippen LogP contribution in [0.5, 0.6) is 0 Å². The summed E-state index contributed by atoms with van der Waals surface area (Å²) in [5.41, 5.74) is 1.13. The van der Waals surface area contributed by atoms with Gasteiger partial charge in [-0.05, 0) is 53.8 Å². The zero-order chi connectivity index (χ0) is 17.3. The number of imidazole rings is 1. The van der Waals surface area contributed by atoms with Crippen molar-refractivity contribution in [1.82, 2.24) is 9.55 Å². The molecule has 0 radical (unpaired) electrons. The van der Waals surface area contributed by atoms with Crippen LogP contribution in [0.1, 0.15) is 35.8 Å². The van der Waals surface area contributed by atoms with Crippen molar-refractivity contribution in [1.29, 1.82) is 0 Å². The molecule has 1 atom stereocenters. The van der Waals surface area contributed by atoms with Crippen LogP contribution in [0.4, 0.5) is 8.78 Å². The van der Waals surface area contributed by atoms with Crippen LogP contribution in [0.2, 0.25) is 0 Å². The third-order valence-corrected chi connectivity index (χ3v) is 4.50. The van der Waals surface area contributed by atoms with E-state index in [9.17, 15) is 13.6 Å².